The highest BCUT2D eigenvalue weighted by molar-refractivity contribution is 7.99. The predicted octanol–water partition coefficient (Wildman–Crippen LogP) is 4.92. The van der Waals surface area contributed by atoms with Gasteiger partial charge in [-0.1, -0.05) is 39.8 Å². The van der Waals surface area contributed by atoms with Gasteiger partial charge in [-0.15, -0.1) is 23.1 Å². The quantitative estimate of drug-likeness (QED) is 0.812. The molecule has 5 heteroatoms. The summed E-state index contributed by atoms with van der Waals surface area (Å²) in [7, 11) is 0. The number of aromatic carboxylic acids is 1. The minimum absolute atomic E-state index is 0.277. The van der Waals surface area contributed by atoms with Gasteiger partial charge in [0.2, 0.25) is 0 Å². The van der Waals surface area contributed by atoms with Crippen LogP contribution in [0.3, 0.4) is 0 Å². The zero-order valence-corrected chi connectivity index (χ0v) is 14.3. The number of hydrogen-bond donors (Lipinski definition) is 1. The van der Waals surface area contributed by atoms with E-state index in [1.807, 2.05) is 32.9 Å². The van der Waals surface area contributed by atoms with Crippen molar-refractivity contribution >= 4 is 29.1 Å². The molecule has 0 radical (unpaired) electrons. The molecule has 0 spiro atoms. The Morgan fingerprint density at radius 2 is 1.90 bits per heavy atom. The van der Waals surface area contributed by atoms with Crippen molar-refractivity contribution in [2.24, 2.45) is 0 Å². The van der Waals surface area contributed by atoms with E-state index >= 15 is 0 Å². The average molecular weight is 321 g/mol. The van der Waals surface area contributed by atoms with Gasteiger partial charge in [0.25, 0.3) is 0 Å². The lowest BCUT2D eigenvalue weighted by atomic mass is 9.91. The number of nitrogens with zero attached hydrogens (tertiary/aromatic N) is 1. The molecular weight excluding hydrogens is 302 g/mol. The van der Waals surface area contributed by atoms with Gasteiger partial charge < -0.3 is 5.11 Å². The lowest BCUT2D eigenvalue weighted by Crippen LogP contribution is -2.16. The van der Waals surface area contributed by atoms with E-state index < -0.39 is 5.97 Å². The summed E-state index contributed by atoms with van der Waals surface area (Å²) in [6.45, 7) is 8.08. The summed E-state index contributed by atoms with van der Waals surface area (Å²) in [5.74, 6) is 0.135. The van der Waals surface area contributed by atoms with E-state index in [4.69, 9.17) is 0 Å². The summed E-state index contributed by atoms with van der Waals surface area (Å²) in [6.07, 6.45) is 0. The van der Waals surface area contributed by atoms with Gasteiger partial charge in [-0.25, -0.2) is 9.78 Å². The molecule has 21 heavy (non-hydrogen) atoms. The second-order valence-corrected chi connectivity index (χ2v) is 8.05. The van der Waals surface area contributed by atoms with Crippen molar-refractivity contribution in [3.05, 3.63) is 34.8 Å². The van der Waals surface area contributed by atoms with Crippen molar-refractivity contribution in [3.8, 4) is 10.6 Å². The SMILES string of the molecule is CCSc1ccc(-c2nc(C(C)(C)C)c(C(=O)O)s2)cc1. The molecule has 0 fully saturated rings. The largest absolute Gasteiger partial charge is 0.477 e. The first-order valence-electron chi connectivity index (χ1n) is 6.80. The van der Waals surface area contributed by atoms with Crippen LogP contribution in [-0.4, -0.2) is 21.8 Å². The summed E-state index contributed by atoms with van der Waals surface area (Å²) in [4.78, 5) is 17.6. The Kier molecular flexibility index (Phi) is 4.74. The van der Waals surface area contributed by atoms with Crippen LogP contribution >= 0.6 is 23.1 Å². The Morgan fingerprint density at radius 1 is 1.29 bits per heavy atom. The molecule has 0 bridgehead atoms. The molecule has 1 N–H and O–H groups in total. The van der Waals surface area contributed by atoms with Crippen LogP contribution in [-0.2, 0) is 5.41 Å². The number of hydrogen-bond acceptors (Lipinski definition) is 4. The number of thiazole rings is 1. The smallest absolute Gasteiger partial charge is 0.347 e. The van der Waals surface area contributed by atoms with Gasteiger partial charge in [-0.2, -0.15) is 0 Å². The van der Waals surface area contributed by atoms with E-state index in [2.05, 4.69) is 24.0 Å². The Morgan fingerprint density at radius 3 is 2.33 bits per heavy atom. The van der Waals surface area contributed by atoms with E-state index in [-0.39, 0.29) is 5.41 Å². The van der Waals surface area contributed by atoms with Crippen LogP contribution in [0.1, 0.15) is 43.1 Å². The molecule has 0 unspecified atom stereocenters. The number of thioether (sulfide) groups is 1. The topological polar surface area (TPSA) is 50.2 Å². The minimum Gasteiger partial charge on any atom is -0.477 e. The van der Waals surface area contributed by atoms with Crippen LogP contribution < -0.4 is 0 Å². The van der Waals surface area contributed by atoms with E-state index in [0.717, 1.165) is 16.3 Å². The maximum atomic E-state index is 11.4. The Hall–Kier alpha value is -1.33. The summed E-state index contributed by atoms with van der Waals surface area (Å²) in [5.41, 5.74) is 1.35. The van der Waals surface area contributed by atoms with Crippen LogP contribution in [0, 0.1) is 0 Å². The molecule has 1 aromatic heterocycles. The van der Waals surface area contributed by atoms with Gasteiger partial charge >= 0.3 is 5.97 Å². The molecule has 1 aromatic carbocycles. The molecule has 0 aliphatic heterocycles. The Balaban J connectivity index is 2.43. The van der Waals surface area contributed by atoms with Crippen LogP contribution in [0.4, 0.5) is 0 Å². The normalized spacial score (nSPS) is 11.6. The monoisotopic (exact) mass is 321 g/mol. The maximum absolute atomic E-state index is 11.4. The molecule has 112 valence electrons. The molecular formula is C16H19NO2S2. The van der Waals surface area contributed by atoms with Crippen molar-refractivity contribution in [2.45, 2.75) is 38.0 Å². The standard InChI is InChI=1S/C16H19NO2S2/c1-5-20-11-8-6-10(7-9-11)14-17-13(16(2,3)4)12(21-14)15(18)19/h6-9H,5H2,1-4H3,(H,18,19). The highest BCUT2D eigenvalue weighted by atomic mass is 32.2. The van der Waals surface area contributed by atoms with Crippen LogP contribution in [0.2, 0.25) is 0 Å². The third kappa shape index (κ3) is 3.66. The molecule has 0 aliphatic carbocycles. The number of aromatic nitrogens is 1. The van der Waals surface area contributed by atoms with Crippen molar-refractivity contribution in [1.29, 1.82) is 0 Å². The van der Waals surface area contributed by atoms with Gasteiger partial charge in [-0.05, 0) is 17.9 Å². The molecule has 0 atom stereocenters. The Bertz CT molecular complexity index is 639. The number of carboxylic acids is 1. The lowest BCUT2D eigenvalue weighted by Gasteiger charge is -2.16. The fourth-order valence-corrected chi connectivity index (χ4v) is 3.74. The first kappa shape index (κ1) is 16.0. The highest BCUT2D eigenvalue weighted by Crippen LogP contribution is 2.35. The fraction of sp³-hybridized carbons (Fsp3) is 0.375. The second-order valence-electron chi connectivity index (χ2n) is 5.71. The van der Waals surface area contributed by atoms with Crippen molar-refractivity contribution in [1.82, 2.24) is 4.98 Å². The third-order valence-electron chi connectivity index (χ3n) is 2.94. The second kappa shape index (κ2) is 6.20. The molecule has 0 aliphatic rings. The van der Waals surface area contributed by atoms with Crippen LogP contribution in [0.25, 0.3) is 10.6 Å². The first-order valence-corrected chi connectivity index (χ1v) is 8.61. The summed E-state index contributed by atoms with van der Waals surface area (Å²) >= 11 is 3.03. The van der Waals surface area contributed by atoms with Crippen LogP contribution in [0.5, 0.6) is 0 Å². The number of carbonyl (C=O) groups is 1. The van der Waals surface area contributed by atoms with Gasteiger partial charge in [0, 0.05) is 15.9 Å². The first-order chi connectivity index (χ1) is 9.82. The molecule has 1 heterocycles. The minimum atomic E-state index is -0.901. The van der Waals surface area contributed by atoms with Crippen molar-refractivity contribution < 1.29 is 9.90 Å². The zero-order chi connectivity index (χ0) is 15.6. The third-order valence-corrected chi connectivity index (χ3v) is 4.93. The van der Waals surface area contributed by atoms with E-state index in [1.54, 1.807) is 11.8 Å². The molecule has 0 saturated heterocycles. The lowest BCUT2D eigenvalue weighted by molar-refractivity contribution is 0.0699. The van der Waals surface area contributed by atoms with Gasteiger partial charge in [0.1, 0.15) is 9.88 Å². The molecule has 2 aromatic rings. The van der Waals surface area contributed by atoms with E-state index in [1.165, 1.54) is 16.2 Å². The summed E-state index contributed by atoms with van der Waals surface area (Å²) in [5, 5.41) is 10.1. The summed E-state index contributed by atoms with van der Waals surface area (Å²) < 4.78 is 0. The number of rotatable bonds is 4. The van der Waals surface area contributed by atoms with Crippen molar-refractivity contribution in [2.75, 3.05) is 5.75 Å². The molecule has 2 rings (SSSR count). The van der Waals surface area contributed by atoms with Gasteiger partial charge in [0.15, 0.2) is 0 Å². The average Bonchev–Trinajstić information content (AvgIpc) is 2.85. The number of benzene rings is 1. The predicted molar refractivity (Wildman–Crippen MR) is 89.6 cm³/mol. The molecule has 0 saturated carbocycles. The number of carboxylic acid groups (broad SMARTS) is 1. The van der Waals surface area contributed by atoms with Gasteiger partial charge in [0.05, 0.1) is 5.69 Å². The zero-order valence-electron chi connectivity index (χ0n) is 12.6. The van der Waals surface area contributed by atoms with Gasteiger partial charge in [-0.3, -0.25) is 0 Å². The van der Waals surface area contributed by atoms with Crippen molar-refractivity contribution in [3.63, 3.8) is 0 Å². The fourth-order valence-electron chi connectivity index (χ4n) is 1.96. The molecule has 0 amide bonds. The summed E-state index contributed by atoms with van der Waals surface area (Å²) in [6, 6.07) is 8.13. The van der Waals surface area contributed by atoms with E-state index in [0.29, 0.717) is 10.6 Å². The Labute approximate surface area is 133 Å². The highest BCUT2D eigenvalue weighted by Gasteiger charge is 2.27. The molecule has 3 nitrogen and oxygen atoms in total. The van der Waals surface area contributed by atoms with Crippen LogP contribution in [0.15, 0.2) is 29.2 Å². The maximum Gasteiger partial charge on any atom is 0.347 e. The van der Waals surface area contributed by atoms with E-state index in [9.17, 15) is 9.90 Å².